The van der Waals surface area contributed by atoms with E-state index in [9.17, 15) is 0 Å². The van der Waals surface area contributed by atoms with Crippen LogP contribution in [0.2, 0.25) is 0 Å². The highest BCUT2D eigenvalue weighted by Crippen LogP contribution is 2.16. The topological polar surface area (TPSA) is 115 Å². The molecule has 28 heavy (non-hydrogen) atoms. The fraction of sp³-hybridized carbons (Fsp3) is 0. The highest BCUT2D eigenvalue weighted by Gasteiger charge is 2.01. The highest BCUT2D eigenvalue weighted by molar-refractivity contribution is 7.30. The minimum atomic E-state index is -3.13. The van der Waals surface area contributed by atoms with Gasteiger partial charge in [-0.05, 0) is 72.8 Å². The number of H-pyrrole nitrogens is 2. The van der Waals surface area contributed by atoms with Gasteiger partial charge in [-0.2, -0.15) is 0 Å². The third-order valence-corrected chi connectivity index (χ3v) is 4.04. The predicted molar refractivity (Wildman–Crippen MR) is 112 cm³/mol. The van der Waals surface area contributed by atoms with Crippen LogP contribution in [0.25, 0.3) is 46.4 Å². The summed E-state index contributed by atoms with van der Waals surface area (Å²) in [7, 11) is -3.13. The van der Waals surface area contributed by atoms with Crippen LogP contribution in [0.5, 0.6) is 0 Å². The van der Waals surface area contributed by atoms with Crippen molar-refractivity contribution >= 4 is 54.6 Å². The molecule has 0 spiro atoms. The molecule has 0 saturated carbocycles. The van der Waals surface area contributed by atoms with Crippen LogP contribution in [0, 0.1) is 0 Å². The van der Waals surface area contributed by atoms with Gasteiger partial charge in [0.05, 0.1) is 22.8 Å². The van der Waals surface area contributed by atoms with Crippen molar-refractivity contribution in [3.05, 3.63) is 71.3 Å². The monoisotopic (exact) mass is 392 g/mol. The normalized spacial score (nSPS) is 12.1. The molecule has 3 aromatic rings. The van der Waals surface area contributed by atoms with Crippen LogP contribution < -0.4 is 0 Å². The first-order chi connectivity index (χ1) is 13.5. The molecule has 0 unspecified atom stereocenters. The van der Waals surface area contributed by atoms with Crippen molar-refractivity contribution in [2.45, 2.75) is 0 Å². The van der Waals surface area contributed by atoms with Crippen molar-refractivity contribution < 1.29 is 14.4 Å². The molecule has 5 rings (SSSR count). The summed E-state index contributed by atoms with van der Waals surface area (Å²) in [5.74, 6) is 0. The van der Waals surface area contributed by atoms with Crippen molar-refractivity contribution in [2.75, 3.05) is 0 Å². The van der Waals surface area contributed by atoms with Gasteiger partial charge in [0.1, 0.15) is 0 Å². The quantitative estimate of drug-likeness (QED) is 0.297. The van der Waals surface area contributed by atoms with Gasteiger partial charge in [0.2, 0.25) is 0 Å². The maximum Gasteiger partial charge on any atom is 0.314 e. The molecule has 0 radical (unpaired) electrons. The van der Waals surface area contributed by atoms with E-state index < -0.39 is 8.25 Å². The van der Waals surface area contributed by atoms with E-state index >= 15 is 0 Å². The number of rotatable bonds is 0. The Labute approximate surface area is 160 Å². The molecule has 140 valence electrons. The molecule has 0 amide bonds. The first-order valence-electron chi connectivity index (χ1n) is 8.50. The van der Waals surface area contributed by atoms with Crippen LogP contribution in [0.4, 0.5) is 0 Å². The first-order valence-corrected chi connectivity index (χ1v) is 9.80. The van der Waals surface area contributed by atoms with Gasteiger partial charge in [-0.15, -0.1) is 0 Å². The molecule has 0 saturated heterocycles. The van der Waals surface area contributed by atoms with Crippen molar-refractivity contribution in [1.82, 2.24) is 19.9 Å². The number of nitrogens with one attached hydrogen (secondary N) is 2. The minimum Gasteiger partial charge on any atom is -0.355 e. The Morgan fingerprint density at radius 2 is 0.857 bits per heavy atom. The van der Waals surface area contributed by atoms with E-state index in [0.29, 0.717) is 0 Å². The van der Waals surface area contributed by atoms with Gasteiger partial charge < -0.3 is 19.8 Å². The van der Waals surface area contributed by atoms with E-state index in [-0.39, 0.29) is 0 Å². The van der Waals surface area contributed by atoms with Gasteiger partial charge in [-0.3, -0.25) is 4.57 Å². The Bertz CT molecular complexity index is 1090. The average Bonchev–Trinajstić information content (AvgIpc) is 3.39. The van der Waals surface area contributed by atoms with Gasteiger partial charge in [0.25, 0.3) is 0 Å². The molecule has 7 nitrogen and oxygen atoms in total. The molecule has 5 heterocycles. The molecule has 4 N–H and O–H groups in total. The van der Waals surface area contributed by atoms with E-state index in [1.165, 1.54) is 0 Å². The third-order valence-electron chi connectivity index (χ3n) is 4.04. The van der Waals surface area contributed by atoms with Crippen molar-refractivity contribution in [3.8, 4) is 0 Å². The second-order valence-electron chi connectivity index (χ2n) is 6.19. The number of fused-ring (bicyclic) bond motifs is 8. The zero-order valence-electron chi connectivity index (χ0n) is 14.6. The molecule has 0 atom stereocenters. The molecule has 8 bridgehead atoms. The van der Waals surface area contributed by atoms with Crippen LogP contribution in [0.3, 0.4) is 0 Å². The van der Waals surface area contributed by atoms with Gasteiger partial charge >= 0.3 is 8.25 Å². The predicted octanol–water partition coefficient (Wildman–Crippen LogP) is 4.02. The summed E-state index contributed by atoms with van der Waals surface area (Å²) in [5.41, 5.74) is 7.86. The van der Waals surface area contributed by atoms with Gasteiger partial charge in [0, 0.05) is 22.1 Å². The van der Waals surface area contributed by atoms with Crippen LogP contribution in [-0.4, -0.2) is 29.7 Å². The lowest BCUT2D eigenvalue weighted by Crippen LogP contribution is -1.75. The van der Waals surface area contributed by atoms with Crippen molar-refractivity contribution in [2.24, 2.45) is 0 Å². The van der Waals surface area contributed by atoms with E-state index in [0.717, 1.165) is 44.8 Å². The smallest absolute Gasteiger partial charge is 0.314 e. The number of hydrogen-bond acceptors (Lipinski definition) is 3. The number of aromatic nitrogens is 4. The molecule has 8 heteroatoms. The summed E-state index contributed by atoms with van der Waals surface area (Å²) < 4.78 is 8.74. The molecule has 0 aromatic carbocycles. The lowest BCUT2D eigenvalue weighted by atomic mass is 10.3. The van der Waals surface area contributed by atoms with Crippen LogP contribution in [0.1, 0.15) is 22.8 Å². The SMILES string of the molecule is C1=Cc2cc3ccc(cc4nc(cc5ccc(cc1n2)[nH]5)C=C4)[nH]3.O=[PH](O)O. The lowest BCUT2D eigenvalue weighted by Gasteiger charge is -1.85. The Hall–Kier alpha value is -3.25. The Balaban J connectivity index is 0.000000442. The Morgan fingerprint density at radius 3 is 1.11 bits per heavy atom. The number of aromatic amines is 2. The van der Waals surface area contributed by atoms with Gasteiger partial charge in [0.15, 0.2) is 0 Å². The summed E-state index contributed by atoms with van der Waals surface area (Å²) in [6, 6.07) is 16.4. The fourth-order valence-corrected chi connectivity index (χ4v) is 2.94. The first kappa shape index (κ1) is 18.1. The van der Waals surface area contributed by atoms with Gasteiger partial charge in [-0.1, -0.05) is 0 Å². The number of hydrogen-bond donors (Lipinski definition) is 4. The molecule has 2 aliphatic heterocycles. The molecular formula is C20H17N4O3P. The Kier molecular flexibility index (Phi) is 5.04. The number of nitrogens with zero attached hydrogens (tertiary/aromatic N) is 2. The van der Waals surface area contributed by atoms with Crippen LogP contribution >= 0.6 is 8.25 Å². The molecule has 0 aliphatic carbocycles. The van der Waals surface area contributed by atoms with Crippen molar-refractivity contribution in [1.29, 1.82) is 0 Å². The van der Waals surface area contributed by atoms with Crippen LogP contribution in [0.15, 0.2) is 48.5 Å². The molecule has 0 fully saturated rings. The summed E-state index contributed by atoms with van der Waals surface area (Å²) in [6.45, 7) is 0. The summed E-state index contributed by atoms with van der Waals surface area (Å²) in [4.78, 5) is 30.3. The Morgan fingerprint density at radius 1 is 0.607 bits per heavy atom. The van der Waals surface area contributed by atoms with E-state index in [2.05, 4.69) is 44.2 Å². The van der Waals surface area contributed by atoms with Gasteiger partial charge in [-0.25, -0.2) is 9.97 Å². The zero-order valence-corrected chi connectivity index (χ0v) is 15.6. The largest absolute Gasteiger partial charge is 0.355 e. The van der Waals surface area contributed by atoms with Crippen molar-refractivity contribution in [3.63, 3.8) is 0 Å². The molecule has 3 aromatic heterocycles. The second kappa shape index (κ2) is 7.78. The maximum absolute atomic E-state index is 8.74. The summed E-state index contributed by atoms with van der Waals surface area (Å²) in [6.07, 6.45) is 8.09. The van der Waals surface area contributed by atoms with E-state index in [1.54, 1.807) is 0 Å². The zero-order chi connectivity index (χ0) is 19.5. The average molecular weight is 392 g/mol. The summed E-state index contributed by atoms with van der Waals surface area (Å²) >= 11 is 0. The molecular weight excluding hydrogens is 375 g/mol. The fourth-order valence-electron chi connectivity index (χ4n) is 2.94. The van der Waals surface area contributed by atoms with E-state index in [4.69, 9.17) is 14.4 Å². The summed E-state index contributed by atoms with van der Waals surface area (Å²) in [5, 5.41) is 0. The van der Waals surface area contributed by atoms with Crippen LogP contribution in [-0.2, 0) is 4.57 Å². The van der Waals surface area contributed by atoms with E-state index in [1.807, 2.05) is 48.6 Å². The highest BCUT2D eigenvalue weighted by atomic mass is 31.1. The minimum absolute atomic E-state index is 0.939. The third kappa shape index (κ3) is 4.53. The standard InChI is InChI=1S/C20H14N4.H3O3P/c1-2-14-10-16-5-6-18(23-16)12-20-8-7-19(24-20)11-17-4-3-15(22-17)9-13(1)21-14;1-4(2)3/h1-12,21,24H;4H,(H2,1,2,3). The second-order valence-corrected chi connectivity index (χ2v) is 6.75. The maximum atomic E-state index is 8.74. The lowest BCUT2D eigenvalue weighted by molar-refractivity contribution is 0.405. The molecule has 2 aliphatic rings.